The number of carbonyl (C=O) groups is 3. The van der Waals surface area contributed by atoms with Crippen molar-refractivity contribution in [3.8, 4) is 0 Å². The molecule has 138 valence electrons. The average Bonchev–Trinajstić information content (AvgIpc) is 2.66. The lowest BCUT2D eigenvalue weighted by Crippen LogP contribution is -2.69. The van der Waals surface area contributed by atoms with Crippen LogP contribution in [0.15, 0.2) is 71.7 Å². The van der Waals surface area contributed by atoms with Crippen LogP contribution in [0.25, 0.3) is 0 Å². The van der Waals surface area contributed by atoms with E-state index in [1.807, 2.05) is 54.6 Å². The van der Waals surface area contributed by atoms with E-state index in [-0.39, 0.29) is 19.4 Å². The maximum atomic E-state index is 13.3. The maximum absolute atomic E-state index is 13.3. The Morgan fingerprint density at radius 3 is 2.30 bits per heavy atom. The van der Waals surface area contributed by atoms with Crippen LogP contribution >= 0.6 is 15.9 Å². The van der Waals surface area contributed by atoms with E-state index in [9.17, 15) is 14.4 Å². The van der Waals surface area contributed by atoms with Crippen LogP contribution in [-0.4, -0.2) is 28.2 Å². The number of rotatable bonds is 6. The summed E-state index contributed by atoms with van der Waals surface area (Å²) in [5, 5.41) is 2.65. The zero-order valence-corrected chi connectivity index (χ0v) is 16.2. The Hall–Kier alpha value is -2.73. The van der Waals surface area contributed by atoms with Crippen molar-refractivity contribution >= 4 is 33.7 Å². The predicted molar refractivity (Wildman–Crippen MR) is 106 cm³/mol. The number of amides is 3. The first-order valence-electron chi connectivity index (χ1n) is 8.53. The van der Waals surface area contributed by atoms with E-state index in [1.54, 1.807) is 6.08 Å². The van der Waals surface area contributed by atoms with Crippen molar-refractivity contribution in [2.45, 2.75) is 24.9 Å². The number of carbonyl (C=O) groups excluding carboxylic acids is 3. The Morgan fingerprint density at radius 1 is 1.00 bits per heavy atom. The lowest BCUT2D eigenvalue weighted by molar-refractivity contribution is -0.163. The van der Waals surface area contributed by atoms with Crippen LogP contribution in [0, 0.1) is 0 Å². The van der Waals surface area contributed by atoms with Crippen molar-refractivity contribution in [3.05, 3.63) is 82.9 Å². The van der Waals surface area contributed by atoms with Crippen LogP contribution in [0.5, 0.6) is 0 Å². The summed E-state index contributed by atoms with van der Waals surface area (Å²) in [6.45, 7) is 3.77. The predicted octanol–water partition coefficient (Wildman–Crippen LogP) is 2.99. The summed E-state index contributed by atoms with van der Waals surface area (Å²) in [5.41, 5.74) is 0.441. The average molecular weight is 427 g/mol. The van der Waals surface area contributed by atoms with E-state index < -0.39 is 23.3 Å². The number of nitrogens with zero attached hydrogens (tertiary/aromatic N) is 1. The molecule has 2 aromatic rings. The number of imide groups is 1. The lowest BCUT2D eigenvalue weighted by Gasteiger charge is -2.40. The van der Waals surface area contributed by atoms with Crippen molar-refractivity contribution in [1.29, 1.82) is 0 Å². The molecule has 1 aliphatic rings. The maximum Gasteiger partial charge on any atom is 0.318 e. The summed E-state index contributed by atoms with van der Waals surface area (Å²) >= 11 is 3.36. The number of nitrogens with one attached hydrogen (secondary N) is 1. The highest BCUT2D eigenvalue weighted by Gasteiger charge is 2.50. The van der Waals surface area contributed by atoms with Crippen LogP contribution in [0.4, 0.5) is 0 Å². The molecule has 0 radical (unpaired) electrons. The van der Waals surface area contributed by atoms with Gasteiger partial charge in [-0.3, -0.25) is 19.3 Å². The molecule has 2 aromatic carbocycles. The molecule has 1 N–H and O–H groups in total. The van der Waals surface area contributed by atoms with E-state index in [0.29, 0.717) is 0 Å². The van der Waals surface area contributed by atoms with Crippen LogP contribution in [0.1, 0.15) is 17.5 Å². The van der Waals surface area contributed by atoms with Gasteiger partial charge in [0, 0.05) is 10.9 Å². The molecule has 0 aromatic heterocycles. The van der Waals surface area contributed by atoms with Gasteiger partial charge in [-0.25, -0.2) is 0 Å². The topological polar surface area (TPSA) is 66.5 Å². The molecule has 3 rings (SSSR count). The minimum Gasteiger partial charge on any atom is -0.333 e. The van der Waals surface area contributed by atoms with Gasteiger partial charge in [-0.1, -0.05) is 64.5 Å². The SMILES string of the molecule is C=CCC1(Cc2ccccc2)NC(=O)C(=O)N(Cc2ccc(Br)cc2)C1=O. The number of benzene rings is 2. The number of hydrogen-bond donors (Lipinski definition) is 1. The zero-order valence-electron chi connectivity index (χ0n) is 14.7. The first-order valence-corrected chi connectivity index (χ1v) is 9.32. The van der Waals surface area contributed by atoms with Crippen LogP contribution in [0.3, 0.4) is 0 Å². The van der Waals surface area contributed by atoms with Crippen molar-refractivity contribution in [3.63, 3.8) is 0 Å². The standard InChI is InChI=1S/C21H19BrN2O3/c1-2-12-21(13-15-6-4-3-5-7-15)20(27)24(19(26)18(25)23-21)14-16-8-10-17(22)11-9-16/h2-11H,1,12-14H2,(H,23,25). The normalized spacial score (nSPS) is 19.7. The third kappa shape index (κ3) is 4.01. The number of hydrogen-bond acceptors (Lipinski definition) is 3. The van der Waals surface area contributed by atoms with Crippen molar-refractivity contribution in [2.75, 3.05) is 0 Å². The van der Waals surface area contributed by atoms with Gasteiger partial charge in [0.2, 0.25) is 0 Å². The van der Waals surface area contributed by atoms with Gasteiger partial charge in [0.05, 0.1) is 6.54 Å². The fourth-order valence-corrected chi connectivity index (χ4v) is 3.50. The molecule has 6 heteroatoms. The monoisotopic (exact) mass is 426 g/mol. The third-order valence-electron chi connectivity index (χ3n) is 4.54. The highest BCUT2D eigenvalue weighted by molar-refractivity contribution is 9.10. The number of piperazine rings is 1. The molecule has 1 saturated heterocycles. The highest BCUT2D eigenvalue weighted by atomic mass is 79.9. The first kappa shape index (κ1) is 19.0. The van der Waals surface area contributed by atoms with E-state index in [2.05, 4.69) is 27.8 Å². The first-order chi connectivity index (χ1) is 12.9. The third-order valence-corrected chi connectivity index (χ3v) is 5.07. The molecule has 27 heavy (non-hydrogen) atoms. The van der Waals surface area contributed by atoms with Gasteiger partial charge in [-0.2, -0.15) is 0 Å². The van der Waals surface area contributed by atoms with Crippen molar-refractivity contribution in [2.24, 2.45) is 0 Å². The van der Waals surface area contributed by atoms with Gasteiger partial charge in [0.25, 0.3) is 5.91 Å². The zero-order chi connectivity index (χ0) is 19.4. The van der Waals surface area contributed by atoms with E-state index in [1.165, 1.54) is 0 Å². The molecular weight excluding hydrogens is 408 g/mol. The van der Waals surface area contributed by atoms with Crippen molar-refractivity contribution < 1.29 is 14.4 Å². The van der Waals surface area contributed by atoms with Crippen molar-refractivity contribution in [1.82, 2.24) is 10.2 Å². The molecule has 1 unspecified atom stereocenters. The summed E-state index contributed by atoms with van der Waals surface area (Å²) in [6.07, 6.45) is 2.11. The Kier molecular flexibility index (Phi) is 5.56. The molecule has 0 bridgehead atoms. The quantitative estimate of drug-likeness (QED) is 0.438. The van der Waals surface area contributed by atoms with Gasteiger partial charge in [0.1, 0.15) is 5.54 Å². The number of halogens is 1. The lowest BCUT2D eigenvalue weighted by atomic mass is 9.84. The second-order valence-electron chi connectivity index (χ2n) is 6.51. The second-order valence-corrected chi connectivity index (χ2v) is 7.43. The fraction of sp³-hybridized carbons (Fsp3) is 0.190. The van der Waals surface area contributed by atoms with Gasteiger partial charge in [-0.15, -0.1) is 6.58 Å². The van der Waals surface area contributed by atoms with Gasteiger partial charge < -0.3 is 5.32 Å². The Labute approximate surface area is 166 Å². The van der Waals surface area contributed by atoms with Gasteiger partial charge in [0.15, 0.2) is 0 Å². The molecule has 1 fully saturated rings. The highest BCUT2D eigenvalue weighted by Crippen LogP contribution is 2.26. The summed E-state index contributed by atoms with van der Waals surface area (Å²) < 4.78 is 0.894. The van der Waals surface area contributed by atoms with Crippen LogP contribution < -0.4 is 5.32 Å². The molecule has 3 amide bonds. The molecule has 1 aliphatic heterocycles. The smallest absolute Gasteiger partial charge is 0.318 e. The van der Waals surface area contributed by atoms with E-state index >= 15 is 0 Å². The summed E-state index contributed by atoms with van der Waals surface area (Å²) in [6, 6.07) is 16.7. The van der Waals surface area contributed by atoms with E-state index in [0.717, 1.165) is 20.5 Å². The minimum atomic E-state index is -1.22. The van der Waals surface area contributed by atoms with Crippen LogP contribution in [-0.2, 0) is 27.3 Å². The second kappa shape index (κ2) is 7.88. The summed E-state index contributed by atoms with van der Waals surface area (Å²) in [4.78, 5) is 39.1. The Bertz CT molecular complexity index is 880. The van der Waals surface area contributed by atoms with Gasteiger partial charge in [-0.05, 0) is 29.7 Å². The largest absolute Gasteiger partial charge is 0.333 e. The Morgan fingerprint density at radius 2 is 1.67 bits per heavy atom. The molecule has 1 heterocycles. The molecule has 0 saturated carbocycles. The Balaban J connectivity index is 1.94. The summed E-state index contributed by atoms with van der Waals surface area (Å²) in [5.74, 6) is -2.03. The molecule has 5 nitrogen and oxygen atoms in total. The van der Waals surface area contributed by atoms with E-state index in [4.69, 9.17) is 0 Å². The molecular formula is C21H19BrN2O3. The van der Waals surface area contributed by atoms with Crippen LogP contribution in [0.2, 0.25) is 0 Å². The minimum absolute atomic E-state index is 0.0477. The van der Waals surface area contributed by atoms with Gasteiger partial charge >= 0.3 is 11.8 Å². The molecule has 0 aliphatic carbocycles. The fourth-order valence-electron chi connectivity index (χ4n) is 3.23. The summed E-state index contributed by atoms with van der Waals surface area (Å²) in [7, 11) is 0. The molecule has 1 atom stereocenters. The molecule has 0 spiro atoms.